The molecular formula is C33H56NPTi. The van der Waals surface area contributed by atoms with Gasteiger partial charge in [-0.25, -0.2) is 0 Å². The molecule has 0 aromatic heterocycles. The molecule has 0 atom stereocenters. The number of hydrogen-bond donors (Lipinski definition) is 0. The van der Waals surface area contributed by atoms with Gasteiger partial charge in [-0.2, -0.15) is 0 Å². The number of allylic oxidation sites excluding steroid dienone is 7. The molecule has 0 amide bonds. The molecule has 0 radical (unpaired) electrons. The molecule has 0 unspecified atom stereocenters. The van der Waals surface area contributed by atoms with Gasteiger partial charge in [0.05, 0.1) is 0 Å². The molecular weight excluding hydrogens is 489 g/mol. The summed E-state index contributed by atoms with van der Waals surface area (Å²) < 4.78 is 5.89. The van der Waals surface area contributed by atoms with E-state index in [1.807, 2.05) is 0 Å². The van der Waals surface area contributed by atoms with Crippen molar-refractivity contribution in [2.45, 2.75) is 160 Å². The number of rotatable bonds is 7. The van der Waals surface area contributed by atoms with Crippen LogP contribution in [0.3, 0.4) is 0 Å². The number of hydrogen-bond acceptors (Lipinski definition) is 1. The average Bonchev–Trinajstić information content (AvgIpc) is 3.43. The molecule has 0 bridgehead atoms. The smallest absolute Gasteiger partial charge is 0.0425 e. The van der Waals surface area contributed by atoms with Crippen molar-refractivity contribution in [1.82, 2.24) is 0 Å². The van der Waals surface area contributed by atoms with Crippen molar-refractivity contribution < 1.29 is 21.7 Å². The van der Waals surface area contributed by atoms with Gasteiger partial charge in [0.1, 0.15) is 0 Å². The predicted molar refractivity (Wildman–Crippen MR) is 160 cm³/mol. The first-order chi connectivity index (χ1) is 17.1. The Labute approximate surface area is 240 Å². The van der Waals surface area contributed by atoms with Crippen LogP contribution >= 0.6 is 7.05 Å². The zero-order valence-electron chi connectivity index (χ0n) is 24.2. The fraction of sp³-hybridized carbons (Fsp3) is 0.758. The van der Waals surface area contributed by atoms with E-state index in [2.05, 4.69) is 58.1 Å². The van der Waals surface area contributed by atoms with Crippen molar-refractivity contribution in [1.29, 1.82) is 0 Å². The second kappa shape index (κ2) is 17.5. The van der Waals surface area contributed by atoms with Crippen molar-refractivity contribution in [2.24, 2.45) is 4.74 Å². The van der Waals surface area contributed by atoms with E-state index in [0.29, 0.717) is 0 Å². The average molecular weight is 546 g/mol. The molecule has 0 N–H and O–H groups in total. The summed E-state index contributed by atoms with van der Waals surface area (Å²) in [5, 5.41) is 0. The van der Waals surface area contributed by atoms with Crippen molar-refractivity contribution in [3.8, 4) is 0 Å². The molecule has 4 aliphatic rings. The Kier molecular flexibility index (Phi) is 15.6. The Hall–Kier alpha value is -0.0957. The molecule has 0 aromatic carbocycles. The molecule has 0 aliphatic heterocycles. The van der Waals surface area contributed by atoms with Gasteiger partial charge in [0.25, 0.3) is 0 Å². The van der Waals surface area contributed by atoms with Gasteiger partial charge in [-0.1, -0.05) is 107 Å². The maximum Gasteiger partial charge on any atom is 0.0425 e. The van der Waals surface area contributed by atoms with E-state index in [1.165, 1.54) is 113 Å². The fourth-order valence-electron chi connectivity index (χ4n) is 7.29. The van der Waals surface area contributed by atoms with Crippen LogP contribution in [0.2, 0.25) is 0 Å². The van der Waals surface area contributed by atoms with Gasteiger partial charge in [-0.15, -0.1) is 0 Å². The van der Waals surface area contributed by atoms with E-state index in [1.54, 1.807) is 0 Å². The quantitative estimate of drug-likeness (QED) is 0.171. The first kappa shape index (κ1) is 32.1. The summed E-state index contributed by atoms with van der Waals surface area (Å²) in [7, 11) is -1.25. The van der Waals surface area contributed by atoms with Crippen LogP contribution in [0.25, 0.3) is 0 Å². The summed E-state index contributed by atoms with van der Waals surface area (Å²) in [5.74, 6) is 0. The van der Waals surface area contributed by atoms with Gasteiger partial charge >= 0.3 is 0 Å². The second-order valence-electron chi connectivity index (χ2n) is 11.7. The fourth-order valence-corrected chi connectivity index (χ4v) is 13.7. The van der Waals surface area contributed by atoms with E-state index >= 15 is 0 Å². The largest absolute Gasteiger partial charge is 0.271 e. The van der Waals surface area contributed by atoms with Crippen molar-refractivity contribution in [2.75, 3.05) is 0 Å². The van der Waals surface area contributed by atoms with E-state index in [0.717, 1.165) is 36.2 Å². The van der Waals surface area contributed by atoms with E-state index in [9.17, 15) is 0 Å². The van der Waals surface area contributed by atoms with Crippen LogP contribution in [0.15, 0.2) is 52.0 Å². The van der Waals surface area contributed by atoms with E-state index in [4.69, 9.17) is 4.74 Å². The predicted octanol–water partition coefficient (Wildman–Crippen LogP) is 11.7. The minimum absolute atomic E-state index is 0. The molecule has 0 aromatic rings. The van der Waals surface area contributed by atoms with Crippen LogP contribution < -0.4 is 0 Å². The summed E-state index contributed by atoms with van der Waals surface area (Å²) in [6, 6.07) is 0. The maximum absolute atomic E-state index is 5.89. The third-order valence-electron chi connectivity index (χ3n) is 9.17. The van der Waals surface area contributed by atoms with Gasteiger partial charge in [-0.05, 0) is 95.3 Å². The normalized spacial score (nSPS) is 22.9. The first-order valence-electron chi connectivity index (χ1n) is 15.4. The summed E-state index contributed by atoms with van der Waals surface area (Å²) in [5.41, 5.74) is 7.24. The Balaban J connectivity index is 0.000000357. The Bertz CT molecular complexity index is 729. The molecule has 0 saturated heterocycles. The number of nitrogens with zero attached hydrogens (tertiary/aromatic N) is 1. The third-order valence-corrected chi connectivity index (χ3v) is 14.8. The van der Waals surface area contributed by atoms with Crippen LogP contribution in [0.1, 0.15) is 143 Å². The van der Waals surface area contributed by atoms with Crippen molar-refractivity contribution >= 4 is 7.05 Å². The SMILES string of the molecule is C1=CCC(N=P(C2CCCCC2)(C2CCCCC2)C2CCCCC2)=C1.CCC=C(C)C(C)=CCC.[Ti]. The molecule has 4 aliphatic carbocycles. The standard InChI is InChI=1S/C23H38NP.C10H18.Ti/c1-4-14-21(15-5-1)25(22-16-6-2-7-17-22,23-18-8-3-9-19-23)24-20-12-10-11-13-20;1-5-7-9(3)10(4)8-6-2;/h10-12,21-23H,1-9,13-19H2;7-8H,5-6H2,1-4H3;. The van der Waals surface area contributed by atoms with Gasteiger partial charge < -0.3 is 0 Å². The van der Waals surface area contributed by atoms with Gasteiger partial charge in [-0.3, -0.25) is 4.74 Å². The Morgan fingerprint density at radius 1 is 0.722 bits per heavy atom. The molecule has 4 rings (SSSR count). The molecule has 0 spiro atoms. The minimum atomic E-state index is -1.25. The monoisotopic (exact) mass is 545 g/mol. The summed E-state index contributed by atoms with van der Waals surface area (Å²) in [6.07, 6.45) is 37.3. The molecule has 202 valence electrons. The first-order valence-corrected chi connectivity index (χ1v) is 17.4. The molecule has 0 heterocycles. The van der Waals surface area contributed by atoms with Crippen LogP contribution in [0.5, 0.6) is 0 Å². The molecule has 3 saturated carbocycles. The van der Waals surface area contributed by atoms with Crippen LogP contribution in [0, 0.1) is 0 Å². The third kappa shape index (κ3) is 8.99. The van der Waals surface area contributed by atoms with E-state index < -0.39 is 7.05 Å². The van der Waals surface area contributed by atoms with Crippen molar-refractivity contribution in [3.63, 3.8) is 0 Å². The van der Waals surface area contributed by atoms with Gasteiger partial charge in [0, 0.05) is 33.8 Å². The van der Waals surface area contributed by atoms with Crippen molar-refractivity contribution in [3.05, 3.63) is 47.2 Å². The second-order valence-corrected chi connectivity index (χ2v) is 15.6. The maximum atomic E-state index is 5.89. The van der Waals surface area contributed by atoms with Crippen LogP contribution in [-0.2, 0) is 21.7 Å². The van der Waals surface area contributed by atoms with Crippen LogP contribution in [0.4, 0.5) is 0 Å². The Morgan fingerprint density at radius 2 is 1.11 bits per heavy atom. The van der Waals surface area contributed by atoms with Gasteiger partial charge in [0.15, 0.2) is 0 Å². The topological polar surface area (TPSA) is 12.4 Å². The molecule has 3 heteroatoms. The minimum Gasteiger partial charge on any atom is -0.271 e. The van der Waals surface area contributed by atoms with Crippen LogP contribution in [-0.4, -0.2) is 17.0 Å². The summed E-state index contributed by atoms with van der Waals surface area (Å²) in [4.78, 5) is 0. The summed E-state index contributed by atoms with van der Waals surface area (Å²) in [6.45, 7) is 8.68. The summed E-state index contributed by atoms with van der Waals surface area (Å²) >= 11 is 0. The van der Waals surface area contributed by atoms with E-state index in [-0.39, 0.29) is 21.7 Å². The molecule has 36 heavy (non-hydrogen) atoms. The zero-order chi connectivity index (χ0) is 24.9. The molecule has 3 fully saturated rings. The Morgan fingerprint density at radius 3 is 1.42 bits per heavy atom. The molecule has 1 nitrogen and oxygen atoms in total. The zero-order valence-corrected chi connectivity index (χ0v) is 26.7. The van der Waals surface area contributed by atoms with Gasteiger partial charge in [0.2, 0.25) is 0 Å².